The molecule has 16 heavy (non-hydrogen) atoms. The summed E-state index contributed by atoms with van der Waals surface area (Å²) in [6.07, 6.45) is 1.07. The summed E-state index contributed by atoms with van der Waals surface area (Å²) in [4.78, 5) is 13.0. The number of nitrogens with zero attached hydrogens (tertiary/aromatic N) is 1. The van der Waals surface area contributed by atoms with Gasteiger partial charge in [-0.05, 0) is 47.5 Å². The van der Waals surface area contributed by atoms with Gasteiger partial charge in [-0.25, -0.2) is 4.79 Å². The van der Waals surface area contributed by atoms with Crippen LogP contribution in [0.25, 0.3) is 0 Å². The summed E-state index contributed by atoms with van der Waals surface area (Å²) in [7, 11) is 0. The van der Waals surface area contributed by atoms with Gasteiger partial charge in [-0.1, -0.05) is 6.92 Å². The Kier molecular flexibility index (Phi) is 4.80. The lowest BCUT2D eigenvalue weighted by atomic mass is 10.2. The van der Waals surface area contributed by atoms with Gasteiger partial charge in [0.2, 0.25) is 0 Å². The van der Waals surface area contributed by atoms with Crippen molar-refractivity contribution in [3.05, 3.63) is 28.2 Å². The number of rotatable bonds is 5. The van der Waals surface area contributed by atoms with Crippen LogP contribution in [-0.4, -0.2) is 24.2 Å². The summed E-state index contributed by atoms with van der Waals surface area (Å²) >= 11 is 3.42. The number of hydrogen-bond acceptors (Lipinski definition) is 2. The standard InChI is InChI=1S/C12H16BrNO2/c1-3-7-14(4-2)11-6-5-9(12(15)16)8-10(11)13/h5-6,8H,3-4,7H2,1-2H3,(H,15,16). The molecule has 0 saturated heterocycles. The molecule has 0 spiro atoms. The quantitative estimate of drug-likeness (QED) is 0.902. The lowest BCUT2D eigenvalue weighted by Gasteiger charge is -2.23. The van der Waals surface area contributed by atoms with Crippen molar-refractivity contribution in [2.75, 3.05) is 18.0 Å². The van der Waals surface area contributed by atoms with Crippen molar-refractivity contribution in [1.82, 2.24) is 0 Å². The van der Waals surface area contributed by atoms with E-state index in [1.165, 1.54) is 0 Å². The summed E-state index contributed by atoms with van der Waals surface area (Å²) in [5, 5.41) is 8.86. The monoisotopic (exact) mass is 285 g/mol. The second-order valence-corrected chi connectivity index (χ2v) is 4.41. The Morgan fingerprint density at radius 3 is 2.56 bits per heavy atom. The maximum Gasteiger partial charge on any atom is 0.335 e. The highest BCUT2D eigenvalue weighted by molar-refractivity contribution is 9.10. The molecule has 0 fully saturated rings. The minimum atomic E-state index is -0.897. The van der Waals surface area contributed by atoms with Crippen molar-refractivity contribution >= 4 is 27.6 Å². The lowest BCUT2D eigenvalue weighted by Crippen LogP contribution is -2.23. The van der Waals surface area contributed by atoms with Gasteiger partial charge in [-0.15, -0.1) is 0 Å². The van der Waals surface area contributed by atoms with Crippen LogP contribution in [0.2, 0.25) is 0 Å². The summed E-state index contributed by atoms with van der Waals surface area (Å²) in [5.41, 5.74) is 1.36. The Labute approximate surface area is 104 Å². The molecule has 0 aromatic heterocycles. The van der Waals surface area contributed by atoms with Gasteiger partial charge in [0, 0.05) is 17.6 Å². The van der Waals surface area contributed by atoms with Crippen LogP contribution in [-0.2, 0) is 0 Å². The third-order valence-corrected chi connectivity index (χ3v) is 3.05. The Bertz CT molecular complexity index is 379. The van der Waals surface area contributed by atoms with Crippen molar-refractivity contribution in [2.45, 2.75) is 20.3 Å². The minimum Gasteiger partial charge on any atom is -0.478 e. The van der Waals surface area contributed by atoms with Gasteiger partial charge in [0.15, 0.2) is 0 Å². The third kappa shape index (κ3) is 2.98. The molecule has 1 aromatic carbocycles. The maximum atomic E-state index is 10.8. The molecule has 0 aliphatic carbocycles. The Morgan fingerprint density at radius 1 is 1.44 bits per heavy atom. The van der Waals surface area contributed by atoms with E-state index in [-0.39, 0.29) is 0 Å². The predicted octanol–water partition coefficient (Wildman–Crippen LogP) is 3.38. The number of benzene rings is 1. The van der Waals surface area contributed by atoms with E-state index < -0.39 is 5.97 Å². The maximum absolute atomic E-state index is 10.8. The normalized spacial score (nSPS) is 10.2. The van der Waals surface area contributed by atoms with Gasteiger partial charge in [0.25, 0.3) is 0 Å². The van der Waals surface area contributed by atoms with Crippen LogP contribution in [0.3, 0.4) is 0 Å². The molecule has 0 aliphatic rings. The number of anilines is 1. The summed E-state index contributed by atoms with van der Waals surface area (Å²) in [5.74, 6) is -0.897. The first-order valence-corrected chi connectivity index (χ1v) is 6.17. The number of carbonyl (C=O) groups is 1. The van der Waals surface area contributed by atoms with Crippen LogP contribution in [0.4, 0.5) is 5.69 Å². The van der Waals surface area contributed by atoms with E-state index in [9.17, 15) is 4.79 Å². The molecule has 0 heterocycles. The van der Waals surface area contributed by atoms with Crippen LogP contribution in [0.15, 0.2) is 22.7 Å². The van der Waals surface area contributed by atoms with E-state index in [1.807, 2.05) is 6.07 Å². The molecule has 1 rings (SSSR count). The van der Waals surface area contributed by atoms with Gasteiger partial charge < -0.3 is 10.0 Å². The highest BCUT2D eigenvalue weighted by atomic mass is 79.9. The Morgan fingerprint density at radius 2 is 2.12 bits per heavy atom. The van der Waals surface area contributed by atoms with Gasteiger partial charge in [-0.2, -0.15) is 0 Å². The first kappa shape index (κ1) is 13.0. The molecule has 4 heteroatoms. The summed E-state index contributed by atoms with van der Waals surface area (Å²) in [6, 6.07) is 5.14. The van der Waals surface area contributed by atoms with E-state index in [0.717, 1.165) is 29.7 Å². The van der Waals surface area contributed by atoms with Gasteiger partial charge in [0.05, 0.1) is 11.3 Å². The molecule has 0 atom stereocenters. The highest BCUT2D eigenvalue weighted by Crippen LogP contribution is 2.27. The molecule has 0 unspecified atom stereocenters. The van der Waals surface area contributed by atoms with Crippen molar-refractivity contribution in [3.63, 3.8) is 0 Å². The van der Waals surface area contributed by atoms with Gasteiger partial charge >= 0.3 is 5.97 Å². The summed E-state index contributed by atoms with van der Waals surface area (Å²) < 4.78 is 0.836. The van der Waals surface area contributed by atoms with E-state index in [4.69, 9.17) is 5.11 Å². The SMILES string of the molecule is CCCN(CC)c1ccc(C(=O)O)cc1Br. The van der Waals surface area contributed by atoms with E-state index in [2.05, 4.69) is 34.7 Å². The average molecular weight is 286 g/mol. The van der Waals surface area contributed by atoms with Crippen LogP contribution in [0.1, 0.15) is 30.6 Å². The number of carboxylic acids is 1. The highest BCUT2D eigenvalue weighted by Gasteiger charge is 2.10. The van der Waals surface area contributed by atoms with Gasteiger partial charge in [0.1, 0.15) is 0 Å². The molecule has 0 bridgehead atoms. The zero-order valence-corrected chi connectivity index (χ0v) is 11.1. The topological polar surface area (TPSA) is 40.5 Å². The first-order valence-electron chi connectivity index (χ1n) is 5.38. The molecule has 88 valence electrons. The minimum absolute atomic E-state index is 0.308. The molecule has 0 aliphatic heterocycles. The van der Waals surface area contributed by atoms with E-state index in [0.29, 0.717) is 5.56 Å². The number of carboxylic acid groups (broad SMARTS) is 1. The van der Waals surface area contributed by atoms with Crippen molar-refractivity contribution < 1.29 is 9.90 Å². The predicted molar refractivity (Wildman–Crippen MR) is 69.3 cm³/mol. The Hall–Kier alpha value is -1.03. The van der Waals surface area contributed by atoms with Crippen molar-refractivity contribution in [2.24, 2.45) is 0 Å². The second kappa shape index (κ2) is 5.89. The number of hydrogen-bond donors (Lipinski definition) is 1. The van der Waals surface area contributed by atoms with Crippen LogP contribution >= 0.6 is 15.9 Å². The number of aromatic carboxylic acids is 1. The largest absolute Gasteiger partial charge is 0.478 e. The molecule has 0 radical (unpaired) electrons. The van der Waals surface area contributed by atoms with Gasteiger partial charge in [-0.3, -0.25) is 0 Å². The second-order valence-electron chi connectivity index (χ2n) is 3.55. The Balaban J connectivity index is 3.01. The zero-order chi connectivity index (χ0) is 12.1. The van der Waals surface area contributed by atoms with Crippen LogP contribution in [0.5, 0.6) is 0 Å². The molecule has 1 aromatic rings. The fourth-order valence-corrected chi connectivity index (χ4v) is 2.24. The average Bonchev–Trinajstić information content (AvgIpc) is 2.26. The third-order valence-electron chi connectivity index (χ3n) is 2.41. The molecule has 1 N–H and O–H groups in total. The van der Waals surface area contributed by atoms with Crippen LogP contribution < -0.4 is 4.90 Å². The summed E-state index contributed by atoms with van der Waals surface area (Å²) in [6.45, 7) is 6.11. The molecular formula is C12H16BrNO2. The number of halogens is 1. The van der Waals surface area contributed by atoms with Crippen molar-refractivity contribution in [1.29, 1.82) is 0 Å². The van der Waals surface area contributed by atoms with Crippen LogP contribution in [0, 0.1) is 0 Å². The van der Waals surface area contributed by atoms with E-state index in [1.54, 1.807) is 12.1 Å². The first-order chi connectivity index (χ1) is 7.60. The molecular weight excluding hydrogens is 270 g/mol. The van der Waals surface area contributed by atoms with Crippen molar-refractivity contribution in [3.8, 4) is 0 Å². The lowest BCUT2D eigenvalue weighted by molar-refractivity contribution is 0.0697. The smallest absolute Gasteiger partial charge is 0.335 e. The molecule has 0 amide bonds. The fourth-order valence-electron chi connectivity index (χ4n) is 1.62. The fraction of sp³-hybridized carbons (Fsp3) is 0.417. The van der Waals surface area contributed by atoms with E-state index >= 15 is 0 Å². The molecule has 0 saturated carbocycles. The zero-order valence-electron chi connectivity index (χ0n) is 9.53. The molecule has 3 nitrogen and oxygen atoms in total.